The van der Waals surface area contributed by atoms with E-state index < -0.39 is 15.9 Å². The van der Waals surface area contributed by atoms with Crippen LogP contribution in [0.5, 0.6) is 0 Å². The van der Waals surface area contributed by atoms with Crippen LogP contribution in [0.2, 0.25) is 5.02 Å². The van der Waals surface area contributed by atoms with Gasteiger partial charge >= 0.3 is 0 Å². The highest BCUT2D eigenvalue weighted by atomic mass is 35.5. The average Bonchev–Trinajstić information content (AvgIpc) is 3.24. The number of nitrogens with one attached hydrogen (secondary N) is 2. The Morgan fingerprint density at radius 1 is 1.12 bits per heavy atom. The van der Waals surface area contributed by atoms with E-state index in [4.69, 9.17) is 11.6 Å². The Hall–Kier alpha value is -3.27. The van der Waals surface area contributed by atoms with Crippen molar-refractivity contribution in [3.05, 3.63) is 83.1 Å². The number of benzene rings is 2. The predicted molar refractivity (Wildman–Crippen MR) is 126 cm³/mol. The number of amides is 2. The zero-order chi connectivity index (χ0) is 23.4. The summed E-state index contributed by atoms with van der Waals surface area (Å²) in [6.07, 6.45) is 4.45. The third-order valence-electron chi connectivity index (χ3n) is 5.16. The van der Waals surface area contributed by atoms with Crippen LogP contribution in [0.15, 0.2) is 71.9 Å². The molecule has 1 fully saturated rings. The van der Waals surface area contributed by atoms with Crippen molar-refractivity contribution in [2.45, 2.75) is 24.3 Å². The van der Waals surface area contributed by atoms with Crippen LogP contribution in [-0.4, -0.2) is 31.8 Å². The number of carbonyl (C=O) groups is 2. The number of hydrogen-bond donors (Lipinski definition) is 2. The van der Waals surface area contributed by atoms with E-state index in [-0.39, 0.29) is 27.9 Å². The van der Waals surface area contributed by atoms with Gasteiger partial charge in [0.25, 0.3) is 5.91 Å². The fourth-order valence-corrected chi connectivity index (χ4v) is 5.03. The first-order chi connectivity index (χ1) is 15.8. The van der Waals surface area contributed by atoms with Gasteiger partial charge in [-0.05, 0) is 54.4 Å². The van der Waals surface area contributed by atoms with Crippen molar-refractivity contribution in [3.63, 3.8) is 0 Å². The summed E-state index contributed by atoms with van der Waals surface area (Å²) >= 11 is 6.13. The highest BCUT2D eigenvalue weighted by Gasteiger charge is 2.23. The topological polar surface area (TPSA) is 108 Å². The quantitative estimate of drug-likeness (QED) is 0.532. The Labute approximate surface area is 196 Å². The number of sulfonamides is 1. The van der Waals surface area contributed by atoms with Crippen molar-refractivity contribution < 1.29 is 18.0 Å². The molecule has 2 heterocycles. The molecule has 0 unspecified atom stereocenters. The minimum absolute atomic E-state index is 0.000204. The van der Waals surface area contributed by atoms with Crippen LogP contribution >= 0.6 is 11.6 Å². The second-order valence-corrected chi connectivity index (χ2v) is 9.63. The van der Waals surface area contributed by atoms with Crippen molar-refractivity contribution in [2.24, 2.45) is 0 Å². The summed E-state index contributed by atoms with van der Waals surface area (Å²) in [5, 5.41) is 2.75. The fraction of sp³-hybridized carbons (Fsp3) is 0.174. The van der Waals surface area contributed by atoms with Gasteiger partial charge in [0.15, 0.2) is 0 Å². The molecule has 10 heteroatoms. The Morgan fingerprint density at radius 2 is 1.97 bits per heavy atom. The summed E-state index contributed by atoms with van der Waals surface area (Å²) in [6, 6.07) is 14.5. The number of hydrogen-bond acceptors (Lipinski definition) is 5. The summed E-state index contributed by atoms with van der Waals surface area (Å²) < 4.78 is 28.1. The maximum atomic E-state index is 12.8. The summed E-state index contributed by atoms with van der Waals surface area (Å²) in [4.78, 5) is 30.3. The second kappa shape index (κ2) is 9.70. The molecule has 0 aliphatic carbocycles. The van der Waals surface area contributed by atoms with Gasteiger partial charge < -0.3 is 10.2 Å². The van der Waals surface area contributed by atoms with Crippen LogP contribution in [0.25, 0.3) is 0 Å². The van der Waals surface area contributed by atoms with Crippen LogP contribution in [0.1, 0.15) is 28.8 Å². The molecule has 1 aliphatic heterocycles. The van der Waals surface area contributed by atoms with Gasteiger partial charge in [0, 0.05) is 48.8 Å². The molecule has 33 heavy (non-hydrogen) atoms. The third-order valence-corrected chi connectivity index (χ3v) is 7.04. The molecule has 1 aliphatic rings. The van der Waals surface area contributed by atoms with Gasteiger partial charge in [0.1, 0.15) is 4.90 Å². The Bertz CT molecular complexity index is 1300. The number of nitrogens with zero attached hydrogens (tertiary/aromatic N) is 2. The second-order valence-electron chi connectivity index (χ2n) is 7.48. The van der Waals surface area contributed by atoms with Crippen molar-refractivity contribution in [3.8, 4) is 0 Å². The number of aromatic nitrogens is 1. The molecule has 0 bridgehead atoms. The lowest BCUT2D eigenvalue weighted by molar-refractivity contribution is -0.117. The average molecular weight is 485 g/mol. The van der Waals surface area contributed by atoms with E-state index in [1.54, 1.807) is 53.7 Å². The Balaban J connectivity index is 1.51. The zero-order valence-corrected chi connectivity index (χ0v) is 19.1. The van der Waals surface area contributed by atoms with Gasteiger partial charge in [0.2, 0.25) is 15.9 Å². The number of carbonyl (C=O) groups excluding carboxylic acids is 2. The van der Waals surface area contributed by atoms with Crippen LogP contribution in [0.4, 0.5) is 11.4 Å². The molecular formula is C23H21ClN4O4S. The number of anilines is 2. The minimum atomic E-state index is -3.98. The first-order valence-electron chi connectivity index (χ1n) is 10.2. The van der Waals surface area contributed by atoms with Crippen molar-refractivity contribution in [1.82, 2.24) is 9.71 Å². The number of halogens is 1. The summed E-state index contributed by atoms with van der Waals surface area (Å²) in [6.45, 7) is 0.672. The van der Waals surface area contributed by atoms with E-state index in [9.17, 15) is 18.0 Å². The van der Waals surface area contributed by atoms with Gasteiger partial charge in [0.05, 0.1) is 5.02 Å². The van der Waals surface area contributed by atoms with Gasteiger partial charge in [-0.3, -0.25) is 14.6 Å². The van der Waals surface area contributed by atoms with E-state index in [0.717, 1.165) is 6.42 Å². The maximum absolute atomic E-state index is 12.8. The van der Waals surface area contributed by atoms with Crippen molar-refractivity contribution in [2.75, 3.05) is 16.8 Å². The van der Waals surface area contributed by atoms with Gasteiger partial charge in [-0.2, -0.15) is 0 Å². The predicted octanol–water partition coefficient (Wildman–Crippen LogP) is 3.59. The van der Waals surface area contributed by atoms with E-state index in [1.165, 1.54) is 18.2 Å². The summed E-state index contributed by atoms with van der Waals surface area (Å²) in [5.41, 5.74) is 2.01. The molecule has 0 spiro atoms. The molecule has 1 saturated heterocycles. The molecular weight excluding hydrogens is 464 g/mol. The maximum Gasteiger partial charge on any atom is 0.255 e. The van der Waals surface area contributed by atoms with E-state index in [2.05, 4.69) is 15.0 Å². The van der Waals surface area contributed by atoms with E-state index in [0.29, 0.717) is 29.9 Å². The Morgan fingerprint density at radius 3 is 2.70 bits per heavy atom. The molecule has 2 aromatic carbocycles. The third kappa shape index (κ3) is 5.39. The Kier molecular flexibility index (Phi) is 6.73. The van der Waals surface area contributed by atoms with Crippen LogP contribution < -0.4 is 14.9 Å². The molecule has 2 N–H and O–H groups in total. The lowest BCUT2D eigenvalue weighted by atomic mass is 10.2. The van der Waals surface area contributed by atoms with Gasteiger partial charge in [-0.25, -0.2) is 13.1 Å². The molecule has 0 radical (unpaired) electrons. The molecule has 2 amide bonds. The van der Waals surface area contributed by atoms with Gasteiger partial charge in [-0.1, -0.05) is 23.7 Å². The highest BCUT2D eigenvalue weighted by molar-refractivity contribution is 7.89. The number of rotatable bonds is 7. The minimum Gasteiger partial charge on any atom is -0.322 e. The number of pyridine rings is 1. The lowest BCUT2D eigenvalue weighted by Crippen LogP contribution is -2.24. The van der Waals surface area contributed by atoms with Gasteiger partial charge in [-0.15, -0.1) is 0 Å². The van der Waals surface area contributed by atoms with Crippen molar-refractivity contribution >= 4 is 44.8 Å². The molecule has 8 nitrogen and oxygen atoms in total. The molecule has 0 atom stereocenters. The SMILES string of the molecule is O=C(Nc1cccc(N2CCCC2=O)c1)c1ccc(Cl)c(S(=O)(=O)NCc2cccnc2)c1. The lowest BCUT2D eigenvalue weighted by Gasteiger charge is -2.17. The fourth-order valence-electron chi connectivity index (χ4n) is 3.49. The molecule has 1 aromatic heterocycles. The summed E-state index contributed by atoms with van der Waals surface area (Å²) in [5.74, 6) is -0.454. The van der Waals surface area contributed by atoms with Crippen molar-refractivity contribution in [1.29, 1.82) is 0 Å². The van der Waals surface area contributed by atoms with E-state index in [1.807, 2.05) is 0 Å². The van der Waals surface area contributed by atoms with E-state index >= 15 is 0 Å². The smallest absolute Gasteiger partial charge is 0.255 e. The largest absolute Gasteiger partial charge is 0.322 e. The van der Waals surface area contributed by atoms with Crippen LogP contribution in [-0.2, 0) is 21.4 Å². The molecule has 3 aromatic rings. The standard InChI is InChI=1S/C23H21ClN4O4S/c24-20-9-8-17(12-21(20)33(31,32)26-15-16-4-2-10-25-14-16)23(30)27-18-5-1-6-19(13-18)28-11-3-7-22(28)29/h1-2,4-6,8-10,12-14,26H,3,7,11,15H2,(H,27,30). The molecule has 170 valence electrons. The first kappa shape index (κ1) is 22.9. The summed E-state index contributed by atoms with van der Waals surface area (Å²) in [7, 11) is -3.98. The van der Waals surface area contributed by atoms with Crippen LogP contribution in [0, 0.1) is 0 Å². The zero-order valence-electron chi connectivity index (χ0n) is 17.5. The molecule has 4 rings (SSSR count). The molecule has 0 saturated carbocycles. The first-order valence-corrected chi connectivity index (χ1v) is 12.1. The highest BCUT2D eigenvalue weighted by Crippen LogP contribution is 2.26. The normalized spacial score (nSPS) is 13.8. The van der Waals surface area contributed by atoms with Crippen LogP contribution in [0.3, 0.4) is 0 Å². The monoisotopic (exact) mass is 484 g/mol.